The van der Waals surface area contributed by atoms with Crippen molar-refractivity contribution in [3.05, 3.63) is 42.2 Å². The Morgan fingerprint density at radius 2 is 2.46 bits per heavy atom. The molecule has 0 spiro atoms. The number of carbonyl (C=O) groups is 1. The highest BCUT2D eigenvalue weighted by molar-refractivity contribution is 5.71. The third-order valence-electron chi connectivity index (χ3n) is 1.81. The van der Waals surface area contributed by atoms with E-state index in [2.05, 4.69) is 9.97 Å². The van der Waals surface area contributed by atoms with Crippen LogP contribution in [-0.4, -0.2) is 20.8 Å². The molecule has 0 radical (unpaired) electrons. The fourth-order valence-electron chi connectivity index (χ4n) is 1.20. The molecule has 1 N–H and O–H groups in total. The topological polar surface area (TPSA) is 50.7 Å². The minimum Gasteiger partial charge on any atom is -0.355 e. The molecule has 0 aromatic carbocycles. The maximum Gasteiger partial charge on any atom is 0.166 e. The van der Waals surface area contributed by atoms with E-state index in [0.29, 0.717) is 12.2 Å². The Hall–Kier alpha value is -1.84. The first-order valence-electron chi connectivity index (χ1n) is 3.97. The highest BCUT2D eigenvalue weighted by atomic mass is 16.1. The average Bonchev–Trinajstić information content (AvgIpc) is 2.76. The van der Waals surface area contributed by atoms with Crippen molar-refractivity contribution in [1.82, 2.24) is 14.5 Å². The van der Waals surface area contributed by atoms with Crippen molar-refractivity contribution < 1.29 is 4.79 Å². The van der Waals surface area contributed by atoms with Gasteiger partial charge >= 0.3 is 0 Å². The van der Waals surface area contributed by atoms with E-state index < -0.39 is 0 Å². The van der Waals surface area contributed by atoms with Crippen molar-refractivity contribution in [2.24, 2.45) is 0 Å². The lowest BCUT2D eigenvalue weighted by molar-refractivity contribution is 0.111. The van der Waals surface area contributed by atoms with Gasteiger partial charge in [-0.1, -0.05) is 0 Å². The SMILES string of the molecule is O=Cc1ccc(Cn2ccnc2)[nH]1. The third-order valence-corrected chi connectivity index (χ3v) is 1.81. The van der Waals surface area contributed by atoms with Gasteiger partial charge in [-0.2, -0.15) is 0 Å². The Kier molecular flexibility index (Phi) is 1.96. The normalized spacial score (nSPS) is 10.2. The second-order valence-corrected chi connectivity index (χ2v) is 2.79. The molecule has 2 rings (SSSR count). The number of hydrogen-bond donors (Lipinski definition) is 1. The first-order chi connectivity index (χ1) is 6.38. The smallest absolute Gasteiger partial charge is 0.166 e. The number of aromatic amines is 1. The van der Waals surface area contributed by atoms with Crippen LogP contribution in [0.25, 0.3) is 0 Å². The van der Waals surface area contributed by atoms with Crippen LogP contribution in [0.2, 0.25) is 0 Å². The molecule has 0 saturated carbocycles. The fourth-order valence-corrected chi connectivity index (χ4v) is 1.20. The van der Waals surface area contributed by atoms with E-state index in [0.717, 1.165) is 12.0 Å². The molecule has 0 bridgehead atoms. The van der Waals surface area contributed by atoms with Gasteiger partial charge in [-0.3, -0.25) is 4.79 Å². The lowest BCUT2D eigenvalue weighted by Gasteiger charge is -1.97. The van der Waals surface area contributed by atoms with Crippen molar-refractivity contribution in [2.45, 2.75) is 6.54 Å². The largest absolute Gasteiger partial charge is 0.355 e. The molecule has 0 atom stereocenters. The summed E-state index contributed by atoms with van der Waals surface area (Å²) in [6.07, 6.45) is 6.14. The van der Waals surface area contributed by atoms with Crippen LogP contribution in [0, 0.1) is 0 Å². The number of imidazole rings is 1. The van der Waals surface area contributed by atoms with Gasteiger partial charge < -0.3 is 9.55 Å². The van der Waals surface area contributed by atoms with Gasteiger partial charge in [0.15, 0.2) is 6.29 Å². The minimum absolute atomic E-state index is 0.607. The van der Waals surface area contributed by atoms with Gasteiger partial charge in [0.1, 0.15) is 0 Å². The summed E-state index contributed by atoms with van der Waals surface area (Å²) in [7, 11) is 0. The van der Waals surface area contributed by atoms with E-state index in [1.54, 1.807) is 18.6 Å². The van der Waals surface area contributed by atoms with Crippen LogP contribution in [0.15, 0.2) is 30.9 Å². The first kappa shape index (κ1) is 7.79. The second-order valence-electron chi connectivity index (χ2n) is 2.79. The predicted molar refractivity (Wildman–Crippen MR) is 47.5 cm³/mol. The number of rotatable bonds is 3. The van der Waals surface area contributed by atoms with E-state index in [1.165, 1.54) is 0 Å². The molecular weight excluding hydrogens is 166 g/mol. The monoisotopic (exact) mass is 175 g/mol. The molecular formula is C9H9N3O. The predicted octanol–water partition coefficient (Wildman–Crippen LogP) is 1.07. The molecule has 2 aromatic rings. The molecule has 0 aliphatic rings. The summed E-state index contributed by atoms with van der Waals surface area (Å²) < 4.78 is 1.93. The maximum absolute atomic E-state index is 10.4. The van der Waals surface area contributed by atoms with Crippen molar-refractivity contribution in [1.29, 1.82) is 0 Å². The van der Waals surface area contributed by atoms with Crippen LogP contribution in [0.5, 0.6) is 0 Å². The van der Waals surface area contributed by atoms with Gasteiger partial charge in [0.25, 0.3) is 0 Å². The van der Waals surface area contributed by atoms with Gasteiger partial charge in [0, 0.05) is 18.1 Å². The molecule has 0 aliphatic carbocycles. The lowest BCUT2D eigenvalue weighted by atomic mass is 10.4. The number of aromatic nitrogens is 3. The van der Waals surface area contributed by atoms with Crippen molar-refractivity contribution >= 4 is 6.29 Å². The van der Waals surface area contributed by atoms with Crippen molar-refractivity contribution in [3.8, 4) is 0 Å². The van der Waals surface area contributed by atoms with E-state index in [4.69, 9.17) is 0 Å². The number of nitrogens with zero attached hydrogens (tertiary/aromatic N) is 2. The summed E-state index contributed by atoms with van der Waals surface area (Å²) >= 11 is 0. The van der Waals surface area contributed by atoms with Crippen LogP contribution in [0.3, 0.4) is 0 Å². The zero-order valence-electron chi connectivity index (χ0n) is 6.97. The van der Waals surface area contributed by atoms with Gasteiger partial charge in [-0.25, -0.2) is 4.98 Å². The fraction of sp³-hybridized carbons (Fsp3) is 0.111. The number of nitrogens with one attached hydrogen (secondary N) is 1. The van der Waals surface area contributed by atoms with E-state index >= 15 is 0 Å². The Balaban J connectivity index is 2.14. The molecule has 4 heteroatoms. The zero-order chi connectivity index (χ0) is 9.10. The summed E-state index contributed by atoms with van der Waals surface area (Å²) in [5.74, 6) is 0. The summed E-state index contributed by atoms with van der Waals surface area (Å²) in [5, 5.41) is 0. The molecule has 0 saturated heterocycles. The van der Waals surface area contributed by atoms with Crippen molar-refractivity contribution in [2.75, 3.05) is 0 Å². The summed E-state index contributed by atoms with van der Waals surface area (Å²) in [5.41, 5.74) is 1.61. The number of carbonyl (C=O) groups excluding carboxylic acids is 1. The van der Waals surface area contributed by atoms with Crippen LogP contribution in [0.1, 0.15) is 16.2 Å². The first-order valence-corrected chi connectivity index (χ1v) is 3.97. The summed E-state index contributed by atoms with van der Waals surface area (Å²) in [6, 6.07) is 3.66. The Morgan fingerprint density at radius 1 is 1.54 bits per heavy atom. The maximum atomic E-state index is 10.4. The third kappa shape index (κ3) is 1.66. The molecule has 0 amide bonds. The molecule has 2 heterocycles. The van der Waals surface area contributed by atoms with E-state index in [-0.39, 0.29) is 0 Å². The summed E-state index contributed by atoms with van der Waals surface area (Å²) in [6.45, 7) is 0.716. The Labute approximate surface area is 75.2 Å². The Morgan fingerprint density at radius 3 is 3.08 bits per heavy atom. The summed E-state index contributed by atoms with van der Waals surface area (Å²) in [4.78, 5) is 17.3. The van der Waals surface area contributed by atoms with Gasteiger partial charge in [0.2, 0.25) is 0 Å². The highest BCUT2D eigenvalue weighted by Crippen LogP contribution is 2.01. The van der Waals surface area contributed by atoms with E-state index in [9.17, 15) is 4.79 Å². The molecule has 2 aromatic heterocycles. The average molecular weight is 175 g/mol. The van der Waals surface area contributed by atoms with Gasteiger partial charge in [-0.05, 0) is 12.1 Å². The molecule has 0 aliphatic heterocycles. The minimum atomic E-state index is 0.607. The zero-order valence-corrected chi connectivity index (χ0v) is 6.97. The van der Waals surface area contributed by atoms with Gasteiger partial charge in [0.05, 0.1) is 18.6 Å². The van der Waals surface area contributed by atoms with Crippen molar-refractivity contribution in [3.63, 3.8) is 0 Å². The van der Waals surface area contributed by atoms with Crippen LogP contribution in [0.4, 0.5) is 0 Å². The number of aldehydes is 1. The number of hydrogen-bond acceptors (Lipinski definition) is 2. The molecule has 0 unspecified atom stereocenters. The Bertz CT molecular complexity index is 389. The standard InChI is InChI=1S/C9H9N3O/c13-6-9-2-1-8(11-9)5-12-4-3-10-7-12/h1-4,6-7,11H,5H2. The van der Waals surface area contributed by atoms with Crippen LogP contribution < -0.4 is 0 Å². The van der Waals surface area contributed by atoms with Gasteiger partial charge in [-0.15, -0.1) is 0 Å². The molecule has 4 nitrogen and oxygen atoms in total. The van der Waals surface area contributed by atoms with E-state index in [1.807, 2.05) is 16.8 Å². The number of H-pyrrole nitrogens is 1. The second kappa shape index (κ2) is 3.26. The molecule has 0 fully saturated rings. The van der Waals surface area contributed by atoms with Crippen LogP contribution >= 0.6 is 0 Å². The molecule has 13 heavy (non-hydrogen) atoms. The highest BCUT2D eigenvalue weighted by Gasteiger charge is 1.97. The van der Waals surface area contributed by atoms with Crippen LogP contribution in [-0.2, 0) is 6.54 Å². The lowest BCUT2D eigenvalue weighted by Crippen LogP contribution is -1.96. The quantitative estimate of drug-likeness (QED) is 0.709. The molecule has 66 valence electrons.